The van der Waals surface area contributed by atoms with E-state index in [0.29, 0.717) is 5.02 Å². The Labute approximate surface area is 188 Å². The van der Waals surface area contributed by atoms with Crippen LogP contribution in [0.1, 0.15) is 40.0 Å². The van der Waals surface area contributed by atoms with Gasteiger partial charge in [0, 0.05) is 30.5 Å². The SMILES string of the molecule is CC(=O)c1cc(C(=O)NC(Cc2ccc(-c3cccc(Cl)c3)cc2)C[C@@H](O)C(=O)O)on1. The fourth-order valence-electron chi connectivity index (χ4n) is 3.15. The Kier molecular flexibility index (Phi) is 7.40. The number of Topliss-reactive ketones (excluding diaryl/α,β-unsaturated/α-hetero) is 1. The molecule has 3 rings (SSSR count). The molecule has 0 saturated heterocycles. The van der Waals surface area contributed by atoms with Crippen molar-refractivity contribution in [2.45, 2.75) is 31.9 Å². The minimum Gasteiger partial charge on any atom is -0.479 e. The van der Waals surface area contributed by atoms with Gasteiger partial charge in [-0.1, -0.05) is 53.2 Å². The van der Waals surface area contributed by atoms with Gasteiger partial charge in [0.25, 0.3) is 5.91 Å². The summed E-state index contributed by atoms with van der Waals surface area (Å²) >= 11 is 6.04. The second-order valence-corrected chi connectivity index (χ2v) is 7.74. The summed E-state index contributed by atoms with van der Waals surface area (Å²) in [7, 11) is 0. The number of carboxylic acid groups (broad SMARTS) is 1. The van der Waals surface area contributed by atoms with Gasteiger partial charge in [-0.2, -0.15) is 0 Å². The van der Waals surface area contributed by atoms with Gasteiger partial charge in [0.15, 0.2) is 11.9 Å². The first-order valence-electron chi connectivity index (χ1n) is 9.77. The van der Waals surface area contributed by atoms with E-state index in [2.05, 4.69) is 10.5 Å². The third kappa shape index (κ3) is 6.03. The molecule has 1 unspecified atom stereocenters. The number of aliphatic hydroxyl groups is 1. The zero-order valence-electron chi connectivity index (χ0n) is 17.1. The molecule has 9 heteroatoms. The predicted molar refractivity (Wildman–Crippen MR) is 117 cm³/mol. The van der Waals surface area contributed by atoms with E-state index in [9.17, 15) is 19.5 Å². The Hall–Kier alpha value is -3.49. The van der Waals surface area contributed by atoms with Gasteiger partial charge in [-0.05, 0) is 35.2 Å². The lowest BCUT2D eigenvalue weighted by molar-refractivity contribution is -0.147. The van der Waals surface area contributed by atoms with E-state index in [4.69, 9.17) is 21.2 Å². The Bertz CT molecular complexity index is 1130. The van der Waals surface area contributed by atoms with Crippen molar-refractivity contribution >= 4 is 29.3 Å². The summed E-state index contributed by atoms with van der Waals surface area (Å²) in [6, 6.07) is 15.4. The van der Waals surface area contributed by atoms with Gasteiger partial charge >= 0.3 is 5.97 Å². The summed E-state index contributed by atoms with van der Waals surface area (Å²) in [6.45, 7) is 1.29. The zero-order chi connectivity index (χ0) is 23.3. The zero-order valence-corrected chi connectivity index (χ0v) is 17.9. The number of carboxylic acids is 1. The Morgan fingerprint density at radius 2 is 1.81 bits per heavy atom. The molecule has 2 aromatic carbocycles. The van der Waals surface area contributed by atoms with Crippen LogP contribution in [0.15, 0.2) is 59.1 Å². The molecule has 0 aliphatic carbocycles. The molecular weight excluding hydrogens is 436 g/mol. The Balaban J connectivity index is 1.75. The van der Waals surface area contributed by atoms with E-state index in [1.807, 2.05) is 42.5 Å². The molecule has 32 heavy (non-hydrogen) atoms. The molecular formula is C23H21ClN2O6. The van der Waals surface area contributed by atoms with Gasteiger partial charge in [-0.15, -0.1) is 0 Å². The lowest BCUT2D eigenvalue weighted by atomic mass is 9.97. The second-order valence-electron chi connectivity index (χ2n) is 7.30. The van der Waals surface area contributed by atoms with Crippen LogP contribution in [0, 0.1) is 0 Å². The Morgan fingerprint density at radius 1 is 1.09 bits per heavy atom. The number of halogens is 1. The van der Waals surface area contributed by atoms with Gasteiger partial charge in [0.1, 0.15) is 5.69 Å². The highest BCUT2D eigenvalue weighted by molar-refractivity contribution is 6.30. The standard InChI is InChI=1S/C23H21ClN2O6/c1-13(27)19-12-21(32-26-19)22(29)25-18(11-20(28)23(30)31)9-14-5-7-15(8-6-14)16-3-2-4-17(24)10-16/h2-8,10,12,18,20,28H,9,11H2,1H3,(H,25,29)(H,30,31)/t18?,20-/m1/s1. The van der Waals surface area contributed by atoms with Gasteiger partial charge in [0.2, 0.25) is 5.76 Å². The largest absolute Gasteiger partial charge is 0.479 e. The molecule has 3 N–H and O–H groups in total. The fourth-order valence-corrected chi connectivity index (χ4v) is 3.34. The second kappa shape index (κ2) is 10.2. The van der Waals surface area contributed by atoms with Crippen molar-refractivity contribution in [2.24, 2.45) is 0 Å². The Morgan fingerprint density at radius 3 is 2.41 bits per heavy atom. The number of carbonyl (C=O) groups is 3. The van der Waals surface area contributed by atoms with Crippen LogP contribution in [0.2, 0.25) is 5.02 Å². The van der Waals surface area contributed by atoms with E-state index in [0.717, 1.165) is 16.7 Å². The molecule has 1 aromatic heterocycles. The molecule has 166 valence electrons. The van der Waals surface area contributed by atoms with E-state index < -0.39 is 24.0 Å². The predicted octanol–water partition coefficient (Wildman–Crippen LogP) is 3.37. The maximum absolute atomic E-state index is 12.5. The molecule has 0 fully saturated rings. The van der Waals surface area contributed by atoms with E-state index >= 15 is 0 Å². The minimum absolute atomic E-state index is 0.00822. The molecule has 0 aliphatic rings. The number of aromatic nitrogens is 1. The first-order chi connectivity index (χ1) is 15.2. The number of aliphatic carboxylic acids is 1. The quantitative estimate of drug-likeness (QED) is 0.421. The molecule has 1 amide bonds. The monoisotopic (exact) mass is 456 g/mol. The number of rotatable bonds is 9. The summed E-state index contributed by atoms with van der Waals surface area (Å²) in [4.78, 5) is 35.0. The van der Waals surface area contributed by atoms with E-state index in [1.54, 1.807) is 6.07 Å². The third-order valence-corrected chi connectivity index (χ3v) is 5.05. The normalized spacial score (nSPS) is 12.7. The van der Waals surface area contributed by atoms with Gasteiger partial charge in [0.05, 0.1) is 0 Å². The smallest absolute Gasteiger partial charge is 0.332 e. The number of ketones is 1. The molecule has 8 nitrogen and oxygen atoms in total. The summed E-state index contributed by atoms with van der Waals surface area (Å²) in [5.74, 6) is -2.59. The highest BCUT2D eigenvalue weighted by Gasteiger charge is 2.24. The molecule has 1 heterocycles. The molecule has 2 atom stereocenters. The molecule has 0 radical (unpaired) electrons. The number of benzene rings is 2. The van der Waals surface area contributed by atoms with Crippen LogP contribution in [-0.2, 0) is 11.2 Å². The molecule has 0 aliphatic heterocycles. The topological polar surface area (TPSA) is 130 Å². The molecule has 0 saturated carbocycles. The number of carbonyl (C=O) groups excluding carboxylic acids is 2. The summed E-state index contributed by atoms with van der Waals surface area (Å²) in [5.41, 5.74) is 2.72. The highest BCUT2D eigenvalue weighted by Crippen LogP contribution is 2.23. The van der Waals surface area contributed by atoms with Gasteiger partial charge < -0.3 is 20.1 Å². The van der Waals surface area contributed by atoms with Crippen molar-refractivity contribution in [3.05, 3.63) is 76.6 Å². The van der Waals surface area contributed by atoms with Crippen molar-refractivity contribution in [1.29, 1.82) is 0 Å². The highest BCUT2D eigenvalue weighted by atomic mass is 35.5. The van der Waals surface area contributed by atoms with E-state index in [-0.39, 0.29) is 30.1 Å². The summed E-state index contributed by atoms with van der Waals surface area (Å²) in [5, 5.41) is 25.7. The number of amides is 1. The van der Waals surface area contributed by atoms with Crippen molar-refractivity contribution < 1.29 is 29.1 Å². The van der Waals surface area contributed by atoms with Crippen molar-refractivity contribution in [3.8, 4) is 11.1 Å². The van der Waals surface area contributed by atoms with Crippen LogP contribution in [0.5, 0.6) is 0 Å². The fraction of sp³-hybridized carbons (Fsp3) is 0.217. The number of hydrogen-bond acceptors (Lipinski definition) is 6. The maximum atomic E-state index is 12.5. The third-order valence-electron chi connectivity index (χ3n) is 4.82. The lowest BCUT2D eigenvalue weighted by Crippen LogP contribution is -2.40. The minimum atomic E-state index is -1.66. The number of nitrogens with zero attached hydrogens (tertiary/aromatic N) is 1. The van der Waals surface area contributed by atoms with Crippen molar-refractivity contribution in [3.63, 3.8) is 0 Å². The van der Waals surface area contributed by atoms with Gasteiger partial charge in [-0.25, -0.2) is 4.79 Å². The summed E-state index contributed by atoms with van der Waals surface area (Å²) < 4.78 is 4.89. The summed E-state index contributed by atoms with van der Waals surface area (Å²) in [6.07, 6.45) is -1.61. The van der Waals surface area contributed by atoms with Crippen LogP contribution >= 0.6 is 11.6 Å². The van der Waals surface area contributed by atoms with Crippen molar-refractivity contribution in [2.75, 3.05) is 0 Å². The lowest BCUT2D eigenvalue weighted by Gasteiger charge is -2.20. The number of aliphatic hydroxyl groups excluding tert-OH is 1. The van der Waals surface area contributed by atoms with Crippen molar-refractivity contribution in [1.82, 2.24) is 10.5 Å². The molecule has 0 bridgehead atoms. The first-order valence-corrected chi connectivity index (χ1v) is 10.1. The molecule has 3 aromatic rings. The number of hydrogen-bond donors (Lipinski definition) is 3. The first kappa shape index (κ1) is 23.2. The van der Waals surface area contributed by atoms with Crippen LogP contribution in [0.4, 0.5) is 0 Å². The van der Waals surface area contributed by atoms with Crippen LogP contribution in [0.3, 0.4) is 0 Å². The average molecular weight is 457 g/mol. The molecule has 0 spiro atoms. The van der Waals surface area contributed by atoms with Gasteiger partial charge in [-0.3, -0.25) is 9.59 Å². The van der Waals surface area contributed by atoms with Crippen LogP contribution in [-0.4, -0.2) is 45.2 Å². The maximum Gasteiger partial charge on any atom is 0.332 e. The van der Waals surface area contributed by atoms with E-state index in [1.165, 1.54) is 13.0 Å². The van der Waals surface area contributed by atoms with Crippen LogP contribution in [0.25, 0.3) is 11.1 Å². The van der Waals surface area contributed by atoms with Crippen LogP contribution < -0.4 is 5.32 Å². The number of nitrogens with one attached hydrogen (secondary N) is 1. The average Bonchev–Trinajstić information content (AvgIpc) is 3.25.